The summed E-state index contributed by atoms with van der Waals surface area (Å²) in [7, 11) is 0. The van der Waals surface area contributed by atoms with Crippen LogP contribution in [0.5, 0.6) is 0 Å². The number of carboxylic acid groups (broad SMARTS) is 1. The van der Waals surface area contributed by atoms with E-state index in [0.29, 0.717) is 31.2 Å². The summed E-state index contributed by atoms with van der Waals surface area (Å²) in [6.07, 6.45) is 67.9. The molecule has 0 aliphatic heterocycles. The van der Waals surface area contributed by atoms with Crippen molar-refractivity contribution < 1.29 is 24.1 Å². The molecule has 0 aromatic carbocycles. The molecule has 1 aliphatic carbocycles. The SMILES string of the molecule is CCCCCCCCCCCCCCCCCCOC1=C(C)C(C(=O)O)C=CC1(OCCCCCCCCCCCCCCCCCC)OCCCCCCCCCCCCCCCCCC. The second-order valence-electron chi connectivity index (χ2n) is 21.3. The highest BCUT2D eigenvalue weighted by Gasteiger charge is 2.43. The first-order chi connectivity index (χ1) is 33.0. The fraction of sp³-hybridized carbons (Fsp3) is 0.919. The molecule has 0 fully saturated rings. The Morgan fingerprint density at radius 2 is 0.612 bits per heavy atom. The molecule has 0 radical (unpaired) electrons. The average molecular weight is 944 g/mol. The van der Waals surface area contributed by atoms with Gasteiger partial charge in [-0.1, -0.05) is 316 Å². The Hall–Kier alpha value is -1.33. The summed E-state index contributed by atoms with van der Waals surface area (Å²) in [5.41, 5.74) is 0.713. The molecule has 1 atom stereocenters. The van der Waals surface area contributed by atoms with Crippen LogP contribution in [0.3, 0.4) is 0 Å². The van der Waals surface area contributed by atoms with Crippen molar-refractivity contribution >= 4 is 5.97 Å². The summed E-state index contributed by atoms with van der Waals surface area (Å²) in [6, 6.07) is 0. The van der Waals surface area contributed by atoms with Gasteiger partial charge in [-0.2, -0.15) is 0 Å². The van der Waals surface area contributed by atoms with Gasteiger partial charge in [-0.15, -0.1) is 0 Å². The molecule has 0 amide bonds. The van der Waals surface area contributed by atoms with E-state index in [-0.39, 0.29) is 0 Å². The molecule has 1 rings (SSSR count). The standard InChI is InChI=1S/C62H118O5/c1-5-8-11-14-17-20-23-26-29-32-35-38-41-44-47-50-55-65-60-58(4)59(61(63)64)53-54-62(60,66-56-51-48-45-42-39-36-33-30-27-24-21-18-15-12-9-6-2)67-57-52-49-46-43-40-37-34-31-28-25-22-19-16-13-10-7-3/h53-54,59H,5-52,55-57H2,1-4H3,(H,63,64). The molecule has 0 heterocycles. The van der Waals surface area contributed by atoms with Gasteiger partial charge in [0.05, 0.1) is 25.7 Å². The predicted molar refractivity (Wildman–Crippen MR) is 292 cm³/mol. The van der Waals surface area contributed by atoms with Gasteiger partial charge >= 0.3 is 5.97 Å². The molecule has 0 saturated carbocycles. The van der Waals surface area contributed by atoms with Crippen LogP contribution in [0, 0.1) is 5.92 Å². The Morgan fingerprint density at radius 3 is 0.851 bits per heavy atom. The number of rotatable bonds is 55. The topological polar surface area (TPSA) is 65.0 Å². The quantitative estimate of drug-likeness (QED) is 0.0374. The highest BCUT2D eigenvalue weighted by Crippen LogP contribution is 2.38. The third-order valence-electron chi connectivity index (χ3n) is 14.8. The van der Waals surface area contributed by atoms with Crippen LogP contribution < -0.4 is 0 Å². The first-order valence-corrected chi connectivity index (χ1v) is 30.6. The van der Waals surface area contributed by atoms with E-state index in [1.165, 1.54) is 270 Å². The first-order valence-electron chi connectivity index (χ1n) is 30.6. The molecule has 1 N–H and O–H groups in total. The van der Waals surface area contributed by atoms with Crippen LogP contribution in [0.15, 0.2) is 23.5 Å². The van der Waals surface area contributed by atoms with Crippen molar-refractivity contribution in [2.24, 2.45) is 5.92 Å². The zero-order valence-corrected chi connectivity index (χ0v) is 45.9. The Labute approximate surface area is 419 Å². The van der Waals surface area contributed by atoms with Crippen LogP contribution in [0.1, 0.15) is 336 Å². The highest BCUT2D eigenvalue weighted by molar-refractivity contribution is 5.76. The fourth-order valence-electron chi connectivity index (χ4n) is 10.2. The van der Waals surface area contributed by atoms with Crippen LogP contribution in [-0.4, -0.2) is 36.7 Å². The van der Waals surface area contributed by atoms with Crippen LogP contribution in [0.4, 0.5) is 0 Å². The second-order valence-corrected chi connectivity index (χ2v) is 21.3. The Bertz CT molecular complexity index is 1060. The van der Waals surface area contributed by atoms with Gasteiger partial charge in [-0.05, 0) is 37.8 Å². The van der Waals surface area contributed by atoms with Crippen LogP contribution in [0.25, 0.3) is 0 Å². The van der Waals surface area contributed by atoms with Crippen LogP contribution >= 0.6 is 0 Å². The lowest BCUT2D eigenvalue weighted by Crippen LogP contribution is -2.42. The number of aliphatic carboxylic acids is 1. The minimum atomic E-state index is -1.14. The number of hydrogen-bond acceptors (Lipinski definition) is 4. The highest BCUT2D eigenvalue weighted by atomic mass is 16.7. The minimum Gasteiger partial charge on any atom is -0.492 e. The number of carbonyl (C=O) groups is 1. The van der Waals surface area contributed by atoms with Gasteiger partial charge in [0.25, 0.3) is 0 Å². The summed E-state index contributed by atoms with van der Waals surface area (Å²) in [4.78, 5) is 12.4. The lowest BCUT2D eigenvalue weighted by atomic mass is 9.90. The average Bonchev–Trinajstić information content (AvgIpc) is 3.32. The van der Waals surface area contributed by atoms with Gasteiger partial charge in [-0.3, -0.25) is 4.79 Å². The van der Waals surface area contributed by atoms with E-state index in [1.807, 2.05) is 13.0 Å². The number of carboxylic acids is 1. The second kappa shape index (κ2) is 49.6. The van der Waals surface area contributed by atoms with Crippen molar-refractivity contribution in [2.75, 3.05) is 19.8 Å². The van der Waals surface area contributed by atoms with E-state index in [4.69, 9.17) is 14.2 Å². The maximum atomic E-state index is 12.4. The number of ether oxygens (including phenoxy) is 3. The lowest BCUT2D eigenvalue weighted by Gasteiger charge is -2.37. The maximum Gasteiger partial charge on any atom is 0.314 e. The lowest BCUT2D eigenvalue weighted by molar-refractivity contribution is -0.205. The normalized spacial score (nSPS) is 14.7. The summed E-state index contributed by atoms with van der Waals surface area (Å²) in [5, 5.41) is 10.2. The summed E-state index contributed by atoms with van der Waals surface area (Å²) in [6.45, 7) is 10.5. The summed E-state index contributed by atoms with van der Waals surface area (Å²) in [5.74, 6) is -2.11. The van der Waals surface area contributed by atoms with Crippen LogP contribution in [0.2, 0.25) is 0 Å². The van der Waals surface area contributed by atoms with Crippen molar-refractivity contribution in [1.82, 2.24) is 0 Å². The van der Waals surface area contributed by atoms with E-state index in [1.54, 1.807) is 6.08 Å². The molecule has 0 spiro atoms. The summed E-state index contributed by atoms with van der Waals surface area (Å²) < 4.78 is 20.1. The molecule has 67 heavy (non-hydrogen) atoms. The van der Waals surface area contributed by atoms with E-state index in [9.17, 15) is 9.90 Å². The van der Waals surface area contributed by atoms with Crippen molar-refractivity contribution in [3.8, 4) is 0 Å². The van der Waals surface area contributed by atoms with Gasteiger partial charge < -0.3 is 19.3 Å². The molecule has 0 aromatic rings. The zero-order valence-electron chi connectivity index (χ0n) is 45.9. The molecule has 0 aromatic heterocycles. The summed E-state index contributed by atoms with van der Waals surface area (Å²) >= 11 is 0. The molecule has 5 heteroatoms. The third-order valence-corrected chi connectivity index (χ3v) is 14.8. The minimum absolute atomic E-state index is 0.567. The Kier molecular flexibility index (Phi) is 47.2. The molecule has 396 valence electrons. The molecule has 1 aliphatic rings. The zero-order chi connectivity index (χ0) is 48.4. The van der Waals surface area contributed by atoms with Gasteiger partial charge in [0, 0.05) is 0 Å². The van der Waals surface area contributed by atoms with E-state index in [0.717, 1.165) is 38.5 Å². The van der Waals surface area contributed by atoms with Crippen LogP contribution in [-0.2, 0) is 19.0 Å². The fourth-order valence-corrected chi connectivity index (χ4v) is 10.2. The molecule has 1 unspecified atom stereocenters. The van der Waals surface area contributed by atoms with Gasteiger partial charge in [-0.25, -0.2) is 0 Å². The van der Waals surface area contributed by atoms with Gasteiger partial charge in [0.15, 0.2) is 5.76 Å². The van der Waals surface area contributed by atoms with Gasteiger partial charge in [0.1, 0.15) is 0 Å². The first kappa shape index (κ1) is 63.7. The van der Waals surface area contributed by atoms with E-state index in [2.05, 4.69) is 20.8 Å². The smallest absolute Gasteiger partial charge is 0.314 e. The van der Waals surface area contributed by atoms with Crippen molar-refractivity contribution in [3.05, 3.63) is 23.5 Å². The van der Waals surface area contributed by atoms with Crippen molar-refractivity contribution in [3.63, 3.8) is 0 Å². The van der Waals surface area contributed by atoms with Crippen molar-refractivity contribution in [1.29, 1.82) is 0 Å². The Morgan fingerprint density at radius 1 is 0.388 bits per heavy atom. The molecule has 5 nitrogen and oxygen atoms in total. The van der Waals surface area contributed by atoms with E-state index >= 15 is 0 Å². The molecular weight excluding hydrogens is 825 g/mol. The maximum absolute atomic E-state index is 12.4. The third kappa shape index (κ3) is 38.1. The van der Waals surface area contributed by atoms with Crippen molar-refractivity contribution in [2.45, 2.75) is 342 Å². The largest absolute Gasteiger partial charge is 0.492 e. The number of unbranched alkanes of at least 4 members (excludes halogenated alkanes) is 45. The Balaban J connectivity index is 2.52. The predicted octanol–water partition coefficient (Wildman–Crippen LogP) is 21.1. The van der Waals surface area contributed by atoms with Gasteiger partial charge in [0.2, 0.25) is 5.79 Å². The molecule has 0 saturated heterocycles. The molecule has 0 bridgehead atoms. The van der Waals surface area contributed by atoms with E-state index < -0.39 is 17.7 Å². The number of hydrogen-bond donors (Lipinski definition) is 1. The molecular formula is C62H118O5. The monoisotopic (exact) mass is 943 g/mol.